The van der Waals surface area contributed by atoms with Crippen LogP contribution in [0, 0.1) is 5.92 Å². The molecule has 1 atom stereocenters. The van der Waals surface area contributed by atoms with E-state index in [4.69, 9.17) is 4.74 Å². The van der Waals surface area contributed by atoms with E-state index in [2.05, 4.69) is 11.4 Å². The van der Waals surface area contributed by atoms with Gasteiger partial charge in [0.2, 0.25) is 5.91 Å². The largest absolute Gasteiger partial charge is 0.469 e. The monoisotopic (exact) mass is 293 g/mol. The van der Waals surface area contributed by atoms with Crippen molar-refractivity contribution in [3.05, 3.63) is 11.6 Å². The van der Waals surface area contributed by atoms with E-state index in [0.717, 1.165) is 37.7 Å². The zero-order chi connectivity index (χ0) is 15.1. The normalized spacial score (nSPS) is 21.3. The molecule has 1 unspecified atom stereocenters. The molecular weight excluding hydrogens is 266 g/mol. The summed E-state index contributed by atoms with van der Waals surface area (Å²) in [5.41, 5.74) is 1.12. The van der Waals surface area contributed by atoms with Gasteiger partial charge in [-0.2, -0.15) is 0 Å². The maximum absolute atomic E-state index is 12.6. The van der Waals surface area contributed by atoms with Gasteiger partial charge in [0.25, 0.3) is 0 Å². The Morgan fingerprint density at radius 2 is 2.00 bits per heavy atom. The summed E-state index contributed by atoms with van der Waals surface area (Å²) >= 11 is 0. The Hall–Kier alpha value is -1.32. The van der Waals surface area contributed by atoms with Crippen molar-refractivity contribution in [2.45, 2.75) is 70.3 Å². The summed E-state index contributed by atoms with van der Waals surface area (Å²) in [6.45, 7) is 0. The first kappa shape index (κ1) is 16.1. The fraction of sp³-hybridized carbons (Fsp3) is 0.765. The van der Waals surface area contributed by atoms with Crippen molar-refractivity contribution in [3.8, 4) is 0 Å². The van der Waals surface area contributed by atoms with Crippen LogP contribution in [0.3, 0.4) is 0 Å². The number of ether oxygens (including phenoxy) is 1. The van der Waals surface area contributed by atoms with Crippen molar-refractivity contribution in [2.75, 3.05) is 7.11 Å². The Kier molecular flexibility index (Phi) is 6.27. The Morgan fingerprint density at radius 3 is 2.62 bits per heavy atom. The molecule has 1 amide bonds. The summed E-state index contributed by atoms with van der Waals surface area (Å²) in [7, 11) is 1.38. The standard InChI is InChI=1S/C17H27NO3/c1-21-16(19)12-15(13-8-4-2-5-9-13)17(20)18-14-10-6-3-7-11-14/h8,14-15H,2-7,9-12H2,1H3,(H,18,20). The van der Waals surface area contributed by atoms with Gasteiger partial charge in [0, 0.05) is 6.04 Å². The number of amides is 1. The van der Waals surface area contributed by atoms with Gasteiger partial charge < -0.3 is 10.1 Å². The minimum absolute atomic E-state index is 0.0143. The van der Waals surface area contributed by atoms with Gasteiger partial charge in [-0.15, -0.1) is 0 Å². The van der Waals surface area contributed by atoms with E-state index in [1.54, 1.807) is 0 Å². The molecule has 118 valence electrons. The number of esters is 1. The van der Waals surface area contributed by atoms with Crippen LogP contribution in [0.4, 0.5) is 0 Å². The van der Waals surface area contributed by atoms with Crippen LogP contribution in [-0.4, -0.2) is 25.0 Å². The van der Waals surface area contributed by atoms with Crippen molar-refractivity contribution < 1.29 is 14.3 Å². The summed E-state index contributed by atoms with van der Waals surface area (Å²) in [4.78, 5) is 24.2. The summed E-state index contributed by atoms with van der Waals surface area (Å²) in [5, 5.41) is 3.16. The quantitative estimate of drug-likeness (QED) is 0.626. The number of rotatable bonds is 5. The van der Waals surface area contributed by atoms with Crippen LogP contribution in [0.5, 0.6) is 0 Å². The molecule has 0 radical (unpaired) electrons. The van der Waals surface area contributed by atoms with Gasteiger partial charge in [0.1, 0.15) is 0 Å². The highest BCUT2D eigenvalue weighted by Crippen LogP contribution is 2.28. The number of hydrogen-bond acceptors (Lipinski definition) is 3. The second-order valence-electron chi connectivity index (χ2n) is 6.20. The molecule has 0 saturated heterocycles. The number of hydrogen-bond donors (Lipinski definition) is 1. The predicted octanol–water partition coefficient (Wildman–Crippen LogP) is 3.12. The van der Waals surface area contributed by atoms with Crippen LogP contribution < -0.4 is 5.32 Å². The minimum Gasteiger partial charge on any atom is -0.469 e. The van der Waals surface area contributed by atoms with Crippen LogP contribution in [0.25, 0.3) is 0 Å². The van der Waals surface area contributed by atoms with Gasteiger partial charge in [-0.05, 0) is 38.5 Å². The molecule has 2 aliphatic rings. The Bertz CT molecular complexity index is 397. The lowest BCUT2D eigenvalue weighted by Gasteiger charge is -2.27. The first-order valence-corrected chi connectivity index (χ1v) is 8.27. The fourth-order valence-electron chi connectivity index (χ4n) is 3.37. The third kappa shape index (κ3) is 4.87. The summed E-state index contributed by atoms with van der Waals surface area (Å²) < 4.78 is 4.77. The third-order valence-electron chi connectivity index (χ3n) is 4.64. The molecule has 1 N–H and O–H groups in total. The van der Waals surface area contributed by atoms with Crippen molar-refractivity contribution in [1.82, 2.24) is 5.32 Å². The Labute approximate surface area is 127 Å². The third-order valence-corrected chi connectivity index (χ3v) is 4.64. The van der Waals surface area contributed by atoms with Crippen LogP contribution in [0.1, 0.15) is 64.2 Å². The molecule has 0 aromatic rings. The predicted molar refractivity (Wildman–Crippen MR) is 81.7 cm³/mol. The van der Waals surface area contributed by atoms with Gasteiger partial charge >= 0.3 is 5.97 Å². The van der Waals surface area contributed by atoms with E-state index in [1.807, 2.05) is 0 Å². The van der Waals surface area contributed by atoms with E-state index in [1.165, 1.54) is 32.8 Å². The van der Waals surface area contributed by atoms with Gasteiger partial charge in [-0.3, -0.25) is 9.59 Å². The molecule has 0 aromatic heterocycles. The van der Waals surface area contributed by atoms with Crippen molar-refractivity contribution in [3.63, 3.8) is 0 Å². The maximum atomic E-state index is 12.6. The van der Waals surface area contributed by atoms with Crippen LogP contribution in [0.15, 0.2) is 11.6 Å². The number of allylic oxidation sites excluding steroid dienone is 1. The van der Waals surface area contributed by atoms with Gasteiger partial charge in [0.15, 0.2) is 0 Å². The number of carbonyl (C=O) groups is 2. The molecular formula is C17H27NO3. The van der Waals surface area contributed by atoms with E-state index in [0.29, 0.717) is 0 Å². The molecule has 0 aromatic carbocycles. The van der Waals surface area contributed by atoms with E-state index < -0.39 is 0 Å². The van der Waals surface area contributed by atoms with Gasteiger partial charge in [-0.25, -0.2) is 0 Å². The molecule has 4 heteroatoms. The SMILES string of the molecule is COC(=O)CC(C(=O)NC1CCCCC1)C1=CCCCC1. The smallest absolute Gasteiger partial charge is 0.306 e. The Balaban J connectivity index is 2.00. The topological polar surface area (TPSA) is 55.4 Å². The molecule has 0 spiro atoms. The Morgan fingerprint density at radius 1 is 1.24 bits per heavy atom. The number of carbonyl (C=O) groups excluding carboxylic acids is 2. The zero-order valence-corrected chi connectivity index (χ0v) is 13.0. The molecule has 1 saturated carbocycles. The molecule has 1 fully saturated rings. The lowest BCUT2D eigenvalue weighted by molar-refractivity contribution is -0.143. The molecule has 0 bridgehead atoms. The minimum atomic E-state index is -0.334. The highest BCUT2D eigenvalue weighted by Gasteiger charge is 2.28. The zero-order valence-electron chi connectivity index (χ0n) is 13.0. The summed E-state index contributed by atoms with van der Waals surface area (Å²) in [5.74, 6) is -0.620. The maximum Gasteiger partial charge on any atom is 0.306 e. The molecule has 0 heterocycles. The van der Waals surface area contributed by atoms with Crippen molar-refractivity contribution in [1.29, 1.82) is 0 Å². The molecule has 2 rings (SSSR count). The lowest BCUT2D eigenvalue weighted by Crippen LogP contribution is -2.41. The average molecular weight is 293 g/mol. The van der Waals surface area contributed by atoms with E-state index >= 15 is 0 Å². The van der Waals surface area contributed by atoms with Crippen LogP contribution in [0.2, 0.25) is 0 Å². The highest BCUT2D eigenvalue weighted by atomic mass is 16.5. The van der Waals surface area contributed by atoms with E-state index in [-0.39, 0.29) is 30.3 Å². The van der Waals surface area contributed by atoms with Crippen LogP contribution in [-0.2, 0) is 14.3 Å². The summed E-state index contributed by atoms with van der Waals surface area (Å²) in [6, 6.07) is 0.288. The van der Waals surface area contributed by atoms with Crippen LogP contribution >= 0.6 is 0 Å². The molecule has 4 nitrogen and oxygen atoms in total. The highest BCUT2D eigenvalue weighted by molar-refractivity contribution is 5.86. The fourth-order valence-corrected chi connectivity index (χ4v) is 3.37. The van der Waals surface area contributed by atoms with Crippen molar-refractivity contribution in [2.24, 2.45) is 5.92 Å². The molecule has 2 aliphatic carbocycles. The first-order chi connectivity index (χ1) is 10.2. The molecule has 21 heavy (non-hydrogen) atoms. The lowest BCUT2D eigenvalue weighted by atomic mass is 9.86. The van der Waals surface area contributed by atoms with E-state index in [9.17, 15) is 9.59 Å². The molecule has 0 aliphatic heterocycles. The number of nitrogens with one attached hydrogen (secondary N) is 1. The summed E-state index contributed by atoms with van der Waals surface area (Å²) in [6.07, 6.45) is 12.3. The van der Waals surface area contributed by atoms with Gasteiger partial charge in [-0.1, -0.05) is 30.9 Å². The van der Waals surface area contributed by atoms with Gasteiger partial charge in [0.05, 0.1) is 19.4 Å². The number of methoxy groups -OCH3 is 1. The average Bonchev–Trinajstić information content (AvgIpc) is 2.54. The first-order valence-electron chi connectivity index (χ1n) is 8.27. The van der Waals surface area contributed by atoms with Crippen molar-refractivity contribution >= 4 is 11.9 Å². The second-order valence-corrected chi connectivity index (χ2v) is 6.20. The second kappa shape index (κ2) is 8.20.